The van der Waals surface area contributed by atoms with E-state index in [1.165, 1.54) is 12.1 Å². The third kappa shape index (κ3) is 4.47. The predicted octanol–water partition coefficient (Wildman–Crippen LogP) is 2.57. The van der Waals surface area contributed by atoms with Gasteiger partial charge in [0.15, 0.2) is 0 Å². The van der Waals surface area contributed by atoms with E-state index in [1.807, 2.05) is 0 Å². The summed E-state index contributed by atoms with van der Waals surface area (Å²) in [6.45, 7) is 5.38. The van der Waals surface area contributed by atoms with E-state index < -0.39 is 15.6 Å². The summed E-state index contributed by atoms with van der Waals surface area (Å²) in [5, 5.41) is 0.518. The van der Waals surface area contributed by atoms with Gasteiger partial charge in [0, 0.05) is 10.6 Å². The van der Waals surface area contributed by atoms with E-state index in [9.17, 15) is 8.42 Å². The molecule has 16 heavy (non-hydrogen) atoms. The summed E-state index contributed by atoms with van der Waals surface area (Å²) in [4.78, 5) is 0.224. The fraction of sp³-hybridized carbons (Fsp3) is 0.400. The number of hydrogen-bond acceptors (Lipinski definition) is 2. The Balaban J connectivity index is 0.00000225. The average Bonchev–Trinajstić information content (AvgIpc) is 2.00. The van der Waals surface area contributed by atoms with Crippen LogP contribution in [0.2, 0.25) is 5.02 Å². The lowest BCUT2D eigenvalue weighted by Gasteiger charge is -2.20. The average molecular weight is 268 g/mol. The highest BCUT2D eigenvalue weighted by molar-refractivity contribution is 7.89. The molecule has 0 aliphatic rings. The van der Waals surface area contributed by atoms with Crippen LogP contribution in [0.5, 0.6) is 0 Å². The molecule has 0 fully saturated rings. The summed E-state index contributed by atoms with van der Waals surface area (Å²) in [6, 6.07) is 6.07. The summed E-state index contributed by atoms with van der Waals surface area (Å²) in [5.74, 6) is 0. The first-order valence-corrected chi connectivity index (χ1v) is 6.36. The van der Waals surface area contributed by atoms with Gasteiger partial charge < -0.3 is 0 Å². The normalized spacial score (nSPS) is 12.0. The molecule has 0 unspecified atom stereocenters. The zero-order valence-corrected chi connectivity index (χ0v) is 10.9. The summed E-state index contributed by atoms with van der Waals surface area (Å²) < 4.78 is 26.2. The first kappa shape index (κ1) is 15.3. The molecule has 0 heterocycles. The maximum absolute atomic E-state index is 11.8. The monoisotopic (exact) mass is 267 g/mol. The molecular weight excluding hydrogens is 253 g/mol. The molecule has 0 radical (unpaired) electrons. The van der Waals surface area contributed by atoms with Crippen molar-refractivity contribution in [3.05, 3.63) is 29.3 Å². The van der Waals surface area contributed by atoms with E-state index in [4.69, 9.17) is 11.6 Å². The first-order chi connectivity index (χ1) is 6.71. The van der Waals surface area contributed by atoms with Crippen LogP contribution in [0.15, 0.2) is 29.2 Å². The number of sulfonamides is 1. The van der Waals surface area contributed by atoms with Gasteiger partial charge in [-0.3, -0.25) is 4.70 Å². The van der Waals surface area contributed by atoms with Crippen LogP contribution in [0, 0.1) is 0 Å². The zero-order chi connectivity index (χ0) is 11.7. The molecule has 0 saturated heterocycles. The summed E-state index contributed by atoms with van der Waals surface area (Å²) in [7, 11) is -3.44. The van der Waals surface area contributed by atoms with E-state index in [-0.39, 0.29) is 9.60 Å². The number of halogens is 2. The molecule has 0 aliphatic heterocycles. The lowest BCUT2D eigenvalue weighted by molar-refractivity contribution is 0.491. The molecule has 0 atom stereocenters. The largest absolute Gasteiger partial charge is 0.269 e. The van der Waals surface area contributed by atoms with Crippen LogP contribution >= 0.6 is 11.6 Å². The highest BCUT2D eigenvalue weighted by Crippen LogP contribution is 2.15. The lowest BCUT2D eigenvalue weighted by Crippen LogP contribution is -2.40. The van der Waals surface area contributed by atoms with E-state index in [0.29, 0.717) is 5.02 Å². The first-order valence-electron chi connectivity index (χ1n) is 4.50. The minimum absolute atomic E-state index is 0. The third-order valence-corrected chi connectivity index (χ3v) is 3.59. The van der Waals surface area contributed by atoms with Gasteiger partial charge in [-0.1, -0.05) is 11.6 Å². The quantitative estimate of drug-likeness (QED) is 0.895. The zero-order valence-electron chi connectivity index (χ0n) is 9.32. The molecule has 1 N–H and O–H groups in total. The Kier molecular flexibility index (Phi) is 4.91. The molecule has 0 bridgehead atoms. The predicted molar refractivity (Wildman–Crippen MR) is 64.0 cm³/mol. The van der Waals surface area contributed by atoms with Crippen molar-refractivity contribution in [3.63, 3.8) is 0 Å². The summed E-state index contributed by atoms with van der Waals surface area (Å²) in [5.41, 5.74) is -0.488. The standard InChI is InChI=1S/C10H14ClNO2S.FH/c1-10(2,3)12-15(13,14)9-6-4-8(11)5-7-9;/h4-7,12H,1-3H3;1H. The van der Waals surface area contributed by atoms with Gasteiger partial charge in [0.25, 0.3) is 0 Å². The van der Waals surface area contributed by atoms with Crippen LogP contribution in [0.3, 0.4) is 0 Å². The van der Waals surface area contributed by atoms with Crippen LogP contribution in [0.1, 0.15) is 20.8 Å². The van der Waals surface area contributed by atoms with Crippen molar-refractivity contribution in [2.45, 2.75) is 31.2 Å². The number of hydrogen-bond donors (Lipinski definition) is 1. The Bertz CT molecular complexity index is 437. The van der Waals surface area contributed by atoms with E-state index in [1.54, 1.807) is 32.9 Å². The molecule has 0 spiro atoms. The lowest BCUT2D eigenvalue weighted by atomic mass is 10.1. The highest BCUT2D eigenvalue weighted by atomic mass is 35.5. The smallest absolute Gasteiger partial charge is 0.241 e. The van der Waals surface area contributed by atoms with Crippen LogP contribution in [0.4, 0.5) is 4.70 Å². The minimum atomic E-state index is -3.44. The van der Waals surface area contributed by atoms with Crippen molar-refractivity contribution in [2.75, 3.05) is 0 Å². The molecule has 1 rings (SSSR count). The fourth-order valence-electron chi connectivity index (χ4n) is 1.08. The number of rotatable bonds is 2. The second kappa shape index (κ2) is 5.12. The molecule has 92 valence electrons. The molecule has 3 nitrogen and oxygen atoms in total. The number of nitrogens with one attached hydrogen (secondary N) is 1. The summed E-state index contributed by atoms with van der Waals surface area (Å²) in [6.07, 6.45) is 0. The molecule has 1 aromatic rings. The van der Waals surface area contributed by atoms with Gasteiger partial charge in [-0.05, 0) is 45.0 Å². The van der Waals surface area contributed by atoms with E-state index >= 15 is 0 Å². The molecule has 0 saturated carbocycles. The molecule has 0 aromatic heterocycles. The Morgan fingerprint density at radius 2 is 1.56 bits per heavy atom. The summed E-state index contributed by atoms with van der Waals surface area (Å²) >= 11 is 5.68. The van der Waals surface area contributed by atoms with Crippen LogP contribution in [0.25, 0.3) is 0 Å². The van der Waals surface area contributed by atoms with Crippen molar-refractivity contribution in [3.8, 4) is 0 Å². The van der Waals surface area contributed by atoms with Crippen LogP contribution in [-0.4, -0.2) is 14.0 Å². The van der Waals surface area contributed by atoms with Crippen molar-refractivity contribution < 1.29 is 13.1 Å². The van der Waals surface area contributed by atoms with Gasteiger partial charge >= 0.3 is 0 Å². The van der Waals surface area contributed by atoms with Crippen molar-refractivity contribution in [1.82, 2.24) is 4.72 Å². The van der Waals surface area contributed by atoms with Gasteiger partial charge in [0.05, 0.1) is 4.90 Å². The van der Waals surface area contributed by atoms with Crippen molar-refractivity contribution in [1.29, 1.82) is 0 Å². The SMILES string of the molecule is CC(C)(C)NS(=O)(=O)c1ccc(Cl)cc1.F. The Morgan fingerprint density at radius 1 is 1.12 bits per heavy atom. The Hall–Kier alpha value is -0.650. The second-order valence-electron chi connectivity index (χ2n) is 4.31. The molecular formula is C10H15ClFNO2S. The van der Waals surface area contributed by atoms with Crippen LogP contribution in [-0.2, 0) is 10.0 Å². The maximum Gasteiger partial charge on any atom is 0.241 e. The maximum atomic E-state index is 11.8. The molecule has 0 aliphatic carbocycles. The van der Waals surface area contributed by atoms with Gasteiger partial charge in [0.2, 0.25) is 10.0 Å². The second-order valence-corrected chi connectivity index (χ2v) is 6.43. The molecule has 6 heteroatoms. The van der Waals surface area contributed by atoms with E-state index in [2.05, 4.69) is 4.72 Å². The number of benzene rings is 1. The molecule has 0 amide bonds. The van der Waals surface area contributed by atoms with Gasteiger partial charge in [0.1, 0.15) is 0 Å². The van der Waals surface area contributed by atoms with Gasteiger partial charge in [-0.2, -0.15) is 0 Å². The highest BCUT2D eigenvalue weighted by Gasteiger charge is 2.21. The molecule has 1 aromatic carbocycles. The Morgan fingerprint density at radius 3 is 1.94 bits per heavy atom. The third-order valence-electron chi connectivity index (χ3n) is 1.56. The van der Waals surface area contributed by atoms with Crippen molar-refractivity contribution >= 4 is 21.6 Å². The van der Waals surface area contributed by atoms with Gasteiger partial charge in [-0.15, -0.1) is 0 Å². The topological polar surface area (TPSA) is 46.2 Å². The van der Waals surface area contributed by atoms with E-state index in [0.717, 1.165) is 0 Å². The van der Waals surface area contributed by atoms with Crippen molar-refractivity contribution in [2.24, 2.45) is 0 Å². The minimum Gasteiger partial charge on any atom is -0.269 e. The van der Waals surface area contributed by atoms with Gasteiger partial charge in [-0.25, -0.2) is 13.1 Å². The fourth-order valence-corrected chi connectivity index (χ4v) is 2.62. The van der Waals surface area contributed by atoms with Crippen LogP contribution < -0.4 is 4.72 Å². The Labute approximate surface area is 100 Å².